The van der Waals surface area contributed by atoms with E-state index in [4.69, 9.17) is 17.3 Å². The number of anilines is 1. The van der Waals surface area contributed by atoms with Gasteiger partial charge in [-0.05, 0) is 36.0 Å². The van der Waals surface area contributed by atoms with Crippen LogP contribution in [-0.2, 0) is 18.4 Å². The summed E-state index contributed by atoms with van der Waals surface area (Å²) in [5.41, 5.74) is 10.00. The van der Waals surface area contributed by atoms with Crippen LogP contribution >= 0.6 is 11.6 Å². The molecule has 4 heteroatoms. The van der Waals surface area contributed by atoms with Crippen LogP contribution in [-0.4, -0.2) is 9.78 Å². The third-order valence-corrected chi connectivity index (χ3v) is 4.23. The SMILES string of the molecule is CC1(C)CCc2nn(Cc3ccc(Cl)cc3)c(N)c21. The van der Waals surface area contributed by atoms with Crippen LogP contribution in [0.1, 0.15) is 37.1 Å². The summed E-state index contributed by atoms with van der Waals surface area (Å²) in [5.74, 6) is 0.812. The number of hydrogen-bond donors (Lipinski definition) is 1. The van der Waals surface area contributed by atoms with Crippen LogP contribution in [0.5, 0.6) is 0 Å². The molecule has 0 amide bonds. The average molecular weight is 276 g/mol. The maximum atomic E-state index is 6.28. The van der Waals surface area contributed by atoms with Crippen molar-refractivity contribution < 1.29 is 0 Å². The molecule has 1 heterocycles. The Morgan fingerprint density at radius 1 is 1.32 bits per heavy atom. The lowest BCUT2D eigenvalue weighted by Gasteiger charge is -2.18. The molecule has 1 aliphatic rings. The average Bonchev–Trinajstić information content (AvgIpc) is 2.82. The van der Waals surface area contributed by atoms with E-state index < -0.39 is 0 Å². The van der Waals surface area contributed by atoms with Crippen LogP contribution in [0, 0.1) is 0 Å². The fraction of sp³-hybridized carbons (Fsp3) is 0.400. The molecule has 1 aromatic heterocycles. The third-order valence-electron chi connectivity index (χ3n) is 3.97. The van der Waals surface area contributed by atoms with Crippen LogP contribution in [0.2, 0.25) is 5.02 Å². The summed E-state index contributed by atoms with van der Waals surface area (Å²) in [4.78, 5) is 0. The number of nitrogens with zero attached hydrogens (tertiary/aromatic N) is 2. The Hall–Kier alpha value is -1.48. The molecule has 1 aliphatic carbocycles. The van der Waals surface area contributed by atoms with E-state index in [1.165, 1.54) is 5.56 Å². The van der Waals surface area contributed by atoms with Crippen molar-refractivity contribution in [3.05, 3.63) is 46.1 Å². The van der Waals surface area contributed by atoms with Crippen LogP contribution in [0.3, 0.4) is 0 Å². The molecule has 0 aliphatic heterocycles. The van der Waals surface area contributed by atoms with E-state index in [1.807, 2.05) is 28.9 Å². The Labute approximate surface area is 118 Å². The highest BCUT2D eigenvalue weighted by Gasteiger charge is 2.35. The van der Waals surface area contributed by atoms with Crippen molar-refractivity contribution >= 4 is 17.4 Å². The van der Waals surface area contributed by atoms with Gasteiger partial charge in [0.05, 0.1) is 12.2 Å². The topological polar surface area (TPSA) is 43.8 Å². The molecule has 1 aromatic carbocycles. The normalized spacial score (nSPS) is 16.6. The number of halogens is 1. The van der Waals surface area contributed by atoms with E-state index in [2.05, 4.69) is 18.9 Å². The lowest BCUT2D eigenvalue weighted by atomic mass is 9.87. The summed E-state index contributed by atoms with van der Waals surface area (Å²) in [6.45, 7) is 5.18. The van der Waals surface area contributed by atoms with Crippen LogP contribution in [0.25, 0.3) is 0 Å². The zero-order valence-corrected chi connectivity index (χ0v) is 12.0. The number of aryl methyl sites for hydroxylation is 1. The molecule has 3 rings (SSSR count). The minimum atomic E-state index is 0.150. The zero-order valence-electron chi connectivity index (χ0n) is 11.3. The Bertz CT molecular complexity index is 611. The van der Waals surface area contributed by atoms with Crippen molar-refractivity contribution in [2.75, 3.05) is 5.73 Å². The minimum Gasteiger partial charge on any atom is -0.384 e. The van der Waals surface area contributed by atoms with Crippen LogP contribution in [0.15, 0.2) is 24.3 Å². The van der Waals surface area contributed by atoms with E-state index in [-0.39, 0.29) is 5.41 Å². The molecule has 3 nitrogen and oxygen atoms in total. The lowest BCUT2D eigenvalue weighted by Crippen LogP contribution is -2.16. The second-order valence-electron chi connectivity index (χ2n) is 5.87. The van der Waals surface area contributed by atoms with Crippen molar-refractivity contribution in [3.8, 4) is 0 Å². The van der Waals surface area contributed by atoms with Crippen LogP contribution in [0.4, 0.5) is 5.82 Å². The first kappa shape index (κ1) is 12.5. The summed E-state index contributed by atoms with van der Waals surface area (Å²) in [6.07, 6.45) is 2.16. The van der Waals surface area contributed by atoms with Crippen molar-refractivity contribution in [1.82, 2.24) is 9.78 Å². The van der Waals surface area contributed by atoms with Gasteiger partial charge in [0.2, 0.25) is 0 Å². The standard InChI is InChI=1S/C15H18ClN3/c1-15(2)8-7-12-13(15)14(17)19(18-12)9-10-3-5-11(16)6-4-10/h3-6H,7-9,17H2,1-2H3. The van der Waals surface area contributed by atoms with Gasteiger partial charge in [0.1, 0.15) is 5.82 Å². The van der Waals surface area contributed by atoms with E-state index in [1.54, 1.807) is 0 Å². The molecule has 0 fully saturated rings. The molecule has 0 unspecified atom stereocenters. The Morgan fingerprint density at radius 2 is 2.00 bits per heavy atom. The Morgan fingerprint density at radius 3 is 2.63 bits per heavy atom. The van der Waals surface area contributed by atoms with Gasteiger partial charge in [0.15, 0.2) is 0 Å². The number of rotatable bonds is 2. The van der Waals surface area contributed by atoms with Crippen molar-refractivity contribution in [1.29, 1.82) is 0 Å². The number of nitrogens with two attached hydrogens (primary N) is 1. The predicted octanol–water partition coefficient (Wildman–Crippen LogP) is 3.39. The van der Waals surface area contributed by atoms with E-state index >= 15 is 0 Å². The monoisotopic (exact) mass is 275 g/mol. The molecule has 0 atom stereocenters. The molecule has 0 bridgehead atoms. The van der Waals surface area contributed by atoms with E-state index in [0.717, 1.165) is 34.9 Å². The highest BCUT2D eigenvalue weighted by molar-refractivity contribution is 6.30. The maximum Gasteiger partial charge on any atom is 0.126 e. The van der Waals surface area contributed by atoms with Gasteiger partial charge in [0.25, 0.3) is 0 Å². The van der Waals surface area contributed by atoms with Crippen LogP contribution < -0.4 is 5.73 Å². The van der Waals surface area contributed by atoms with Crippen molar-refractivity contribution in [2.45, 2.75) is 38.6 Å². The first-order chi connectivity index (χ1) is 8.97. The Balaban J connectivity index is 1.93. The molecular weight excluding hydrogens is 258 g/mol. The smallest absolute Gasteiger partial charge is 0.126 e. The van der Waals surface area contributed by atoms with Crippen molar-refractivity contribution in [2.24, 2.45) is 0 Å². The maximum absolute atomic E-state index is 6.28. The second kappa shape index (κ2) is 4.27. The van der Waals surface area contributed by atoms with Gasteiger partial charge in [0, 0.05) is 10.6 Å². The van der Waals surface area contributed by atoms with Gasteiger partial charge < -0.3 is 5.73 Å². The van der Waals surface area contributed by atoms with Gasteiger partial charge in [-0.1, -0.05) is 37.6 Å². The molecule has 100 valence electrons. The first-order valence-electron chi connectivity index (χ1n) is 6.57. The zero-order chi connectivity index (χ0) is 13.6. The molecule has 2 N–H and O–H groups in total. The summed E-state index contributed by atoms with van der Waals surface area (Å²) in [6, 6.07) is 7.82. The van der Waals surface area contributed by atoms with Gasteiger partial charge in [-0.25, -0.2) is 4.68 Å². The highest BCUT2D eigenvalue weighted by Crippen LogP contribution is 2.41. The second-order valence-corrected chi connectivity index (χ2v) is 6.31. The summed E-state index contributed by atoms with van der Waals surface area (Å²) in [5, 5.41) is 5.41. The van der Waals surface area contributed by atoms with Gasteiger partial charge in [-0.2, -0.15) is 5.10 Å². The van der Waals surface area contributed by atoms with E-state index in [0.29, 0.717) is 6.54 Å². The fourth-order valence-electron chi connectivity index (χ4n) is 2.88. The number of aromatic nitrogens is 2. The summed E-state index contributed by atoms with van der Waals surface area (Å²) in [7, 11) is 0. The third kappa shape index (κ3) is 2.12. The molecular formula is C15H18ClN3. The summed E-state index contributed by atoms with van der Waals surface area (Å²) < 4.78 is 1.91. The Kier molecular flexibility index (Phi) is 2.82. The summed E-state index contributed by atoms with van der Waals surface area (Å²) >= 11 is 5.90. The number of fused-ring (bicyclic) bond motifs is 1. The van der Waals surface area contributed by atoms with Gasteiger partial charge in [-0.3, -0.25) is 0 Å². The lowest BCUT2D eigenvalue weighted by molar-refractivity contribution is 0.515. The molecule has 0 saturated heterocycles. The van der Waals surface area contributed by atoms with E-state index in [9.17, 15) is 0 Å². The molecule has 19 heavy (non-hydrogen) atoms. The van der Waals surface area contributed by atoms with Crippen molar-refractivity contribution in [3.63, 3.8) is 0 Å². The number of benzene rings is 1. The number of nitrogen functional groups attached to an aromatic ring is 1. The predicted molar refractivity (Wildman–Crippen MR) is 78.5 cm³/mol. The quantitative estimate of drug-likeness (QED) is 0.913. The number of hydrogen-bond acceptors (Lipinski definition) is 2. The molecule has 0 radical (unpaired) electrons. The highest BCUT2D eigenvalue weighted by atomic mass is 35.5. The first-order valence-corrected chi connectivity index (χ1v) is 6.95. The fourth-order valence-corrected chi connectivity index (χ4v) is 3.00. The molecule has 2 aromatic rings. The molecule has 0 saturated carbocycles. The molecule has 0 spiro atoms. The largest absolute Gasteiger partial charge is 0.384 e. The minimum absolute atomic E-state index is 0.150. The van der Waals surface area contributed by atoms with Gasteiger partial charge >= 0.3 is 0 Å². The van der Waals surface area contributed by atoms with Gasteiger partial charge in [-0.15, -0.1) is 0 Å².